The summed E-state index contributed by atoms with van der Waals surface area (Å²) in [6.07, 6.45) is 0. The van der Waals surface area contributed by atoms with Crippen LogP contribution in [0.5, 0.6) is 0 Å². The highest BCUT2D eigenvalue weighted by molar-refractivity contribution is 6.21. The number of hydrogen-bond acceptors (Lipinski definition) is 9. The number of non-ortho nitro benzene ring substituents is 1. The molecule has 0 unspecified atom stereocenters. The van der Waals surface area contributed by atoms with Gasteiger partial charge in [0.05, 0.1) is 32.9 Å². The number of carbonyl (C=O) groups is 2. The van der Waals surface area contributed by atoms with Crippen LogP contribution in [0.1, 0.15) is 37.4 Å². The average molecular weight is 498 g/mol. The lowest BCUT2D eigenvalue weighted by atomic mass is 10.1. The number of amides is 2. The first-order chi connectivity index (χ1) is 17.6. The topological polar surface area (TPSA) is 183 Å². The number of carbonyl (C=O) groups excluding carboxylic acids is 2. The third-order valence-electron chi connectivity index (χ3n) is 5.85. The fourth-order valence-corrected chi connectivity index (χ4v) is 3.65. The van der Waals surface area contributed by atoms with Crippen LogP contribution in [0.15, 0.2) is 54.6 Å². The summed E-state index contributed by atoms with van der Waals surface area (Å²) in [4.78, 5) is 37.7. The van der Waals surface area contributed by atoms with E-state index in [1.807, 2.05) is 37.1 Å². The molecule has 186 valence electrons. The van der Waals surface area contributed by atoms with Crippen LogP contribution in [0.2, 0.25) is 0 Å². The lowest BCUT2D eigenvalue weighted by Crippen LogP contribution is -2.37. The largest absolute Gasteiger partial charge is 0.399 e. The molecule has 4 N–H and O–H groups in total. The Morgan fingerprint density at radius 1 is 0.973 bits per heavy atom. The minimum absolute atomic E-state index is 0.0272. The Morgan fingerprint density at radius 2 is 1.51 bits per heavy atom. The minimum atomic E-state index is -0.679. The fraction of sp³-hybridized carbons (Fsp3) is 0.154. The van der Waals surface area contributed by atoms with Crippen LogP contribution in [-0.2, 0) is 0 Å². The Bertz CT molecular complexity index is 1420. The maximum Gasteiger partial charge on any atom is 0.272 e. The molecule has 0 aliphatic carbocycles. The number of imide groups is 1. The van der Waals surface area contributed by atoms with Gasteiger partial charge in [0.15, 0.2) is 0 Å². The van der Waals surface area contributed by atoms with Gasteiger partial charge in [-0.15, -0.1) is 0 Å². The van der Waals surface area contributed by atoms with E-state index < -0.39 is 4.92 Å². The van der Waals surface area contributed by atoms with Crippen molar-refractivity contribution >= 4 is 34.6 Å². The highest BCUT2D eigenvalue weighted by atomic mass is 16.6. The van der Waals surface area contributed by atoms with Gasteiger partial charge in [0, 0.05) is 43.6 Å². The maximum absolute atomic E-state index is 12.3. The Balaban J connectivity index is 0.000000233. The summed E-state index contributed by atoms with van der Waals surface area (Å²) >= 11 is 0. The third-order valence-corrected chi connectivity index (χ3v) is 5.85. The molecule has 3 aromatic carbocycles. The number of nitro benzene ring substituents is 1. The van der Waals surface area contributed by atoms with Crippen LogP contribution in [0.4, 0.5) is 22.7 Å². The second-order valence-electron chi connectivity index (χ2n) is 8.21. The second kappa shape index (κ2) is 10.9. The standard InChI is InChI=1S/C18H19N3O2.C8H4N4O2/c1-12-11-13(7-8-16(12)19)20(2)9-10-21-17(22)14-5-3-4-6-15(14)18(21)23;9-3-5-1-7(12(13)14)2-6(4-10)8(5)11/h3-8,11H,9-10,19H2,1-2H3;1-2H,11H2. The van der Waals surface area contributed by atoms with Crippen molar-refractivity contribution < 1.29 is 14.5 Å². The van der Waals surface area contributed by atoms with Gasteiger partial charge >= 0.3 is 0 Å². The van der Waals surface area contributed by atoms with E-state index in [4.69, 9.17) is 22.0 Å². The van der Waals surface area contributed by atoms with Gasteiger partial charge in [-0.2, -0.15) is 10.5 Å². The zero-order chi connectivity index (χ0) is 27.3. The number of anilines is 3. The van der Waals surface area contributed by atoms with E-state index in [0.717, 1.165) is 29.1 Å². The van der Waals surface area contributed by atoms with Crippen molar-refractivity contribution in [3.05, 3.63) is 92.5 Å². The van der Waals surface area contributed by atoms with E-state index >= 15 is 0 Å². The number of nitriles is 2. The summed E-state index contributed by atoms with van der Waals surface area (Å²) in [6, 6.07) is 18.2. The van der Waals surface area contributed by atoms with Crippen LogP contribution >= 0.6 is 0 Å². The number of hydrogen-bond donors (Lipinski definition) is 2. The number of fused-ring (bicyclic) bond motifs is 1. The number of nitrogens with two attached hydrogens (primary N) is 2. The molecule has 11 heteroatoms. The Hall–Kier alpha value is -5.42. The predicted molar refractivity (Wildman–Crippen MR) is 138 cm³/mol. The molecule has 37 heavy (non-hydrogen) atoms. The smallest absolute Gasteiger partial charge is 0.272 e. The van der Waals surface area contributed by atoms with Crippen molar-refractivity contribution in [1.29, 1.82) is 10.5 Å². The number of rotatable bonds is 5. The zero-order valence-electron chi connectivity index (χ0n) is 20.1. The zero-order valence-corrected chi connectivity index (χ0v) is 20.1. The molecule has 1 aliphatic heterocycles. The van der Waals surface area contributed by atoms with Crippen LogP contribution in [-0.4, -0.2) is 41.8 Å². The van der Waals surface area contributed by atoms with Crippen molar-refractivity contribution in [3.8, 4) is 12.1 Å². The van der Waals surface area contributed by atoms with Crippen molar-refractivity contribution in [1.82, 2.24) is 4.90 Å². The number of likely N-dealkylation sites (N-methyl/N-ethyl adjacent to an activating group) is 1. The Morgan fingerprint density at radius 3 is 1.97 bits per heavy atom. The van der Waals surface area contributed by atoms with E-state index in [2.05, 4.69) is 0 Å². The number of benzene rings is 3. The summed E-state index contributed by atoms with van der Waals surface area (Å²) in [5.74, 6) is -0.431. The normalized spacial score (nSPS) is 11.6. The highest BCUT2D eigenvalue weighted by Gasteiger charge is 2.34. The second-order valence-corrected chi connectivity index (χ2v) is 8.21. The number of nitrogens with zero attached hydrogens (tertiary/aromatic N) is 5. The van der Waals surface area contributed by atoms with Gasteiger partial charge in [0.25, 0.3) is 17.5 Å². The van der Waals surface area contributed by atoms with Crippen LogP contribution in [0.3, 0.4) is 0 Å². The first-order valence-corrected chi connectivity index (χ1v) is 11.0. The molecule has 1 heterocycles. The van der Waals surface area contributed by atoms with Crippen molar-refractivity contribution in [3.63, 3.8) is 0 Å². The minimum Gasteiger partial charge on any atom is -0.399 e. The highest BCUT2D eigenvalue weighted by Crippen LogP contribution is 2.24. The van der Waals surface area contributed by atoms with Gasteiger partial charge < -0.3 is 16.4 Å². The maximum atomic E-state index is 12.3. The first kappa shape index (κ1) is 26.2. The SMILES string of the molecule is Cc1cc(N(C)CCN2C(=O)c3ccccc3C2=O)ccc1N.N#Cc1cc([N+](=O)[O-])cc(C#N)c1N. The molecule has 0 saturated carbocycles. The lowest BCUT2D eigenvalue weighted by Gasteiger charge is -2.23. The average Bonchev–Trinajstić information content (AvgIpc) is 3.13. The molecular formula is C26H23N7O4. The molecule has 0 atom stereocenters. The number of nitro groups is 1. The van der Waals surface area contributed by atoms with Crippen LogP contribution in [0, 0.1) is 39.7 Å². The molecule has 0 radical (unpaired) electrons. The van der Waals surface area contributed by atoms with Gasteiger partial charge in [-0.3, -0.25) is 24.6 Å². The molecule has 0 saturated heterocycles. The van der Waals surface area contributed by atoms with E-state index in [-0.39, 0.29) is 34.3 Å². The molecule has 4 rings (SSSR count). The van der Waals surface area contributed by atoms with Gasteiger partial charge in [-0.25, -0.2) is 0 Å². The quantitative estimate of drug-likeness (QED) is 0.231. The lowest BCUT2D eigenvalue weighted by molar-refractivity contribution is -0.384. The summed E-state index contributed by atoms with van der Waals surface area (Å²) in [6.45, 7) is 2.87. The third kappa shape index (κ3) is 5.47. The van der Waals surface area contributed by atoms with Crippen molar-refractivity contribution in [2.75, 3.05) is 36.5 Å². The van der Waals surface area contributed by atoms with Gasteiger partial charge in [-0.1, -0.05) is 12.1 Å². The molecule has 0 fully saturated rings. The van der Waals surface area contributed by atoms with E-state index in [0.29, 0.717) is 24.2 Å². The molecular weight excluding hydrogens is 474 g/mol. The molecule has 2 amide bonds. The summed E-state index contributed by atoms with van der Waals surface area (Å²) < 4.78 is 0. The molecule has 1 aliphatic rings. The number of nitrogen functional groups attached to an aromatic ring is 2. The molecule has 0 bridgehead atoms. The molecule has 3 aromatic rings. The summed E-state index contributed by atoms with van der Waals surface area (Å²) in [5.41, 5.74) is 14.5. The van der Waals surface area contributed by atoms with E-state index in [9.17, 15) is 19.7 Å². The summed E-state index contributed by atoms with van der Waals surface area (Å²) in [7, 11) is 1.93. The summed E-state index contributed by atoms with van der Waals surface area (Å²) in [5, 5.41) is 27.6. The Labute approximate surface area is 212 Å². The predicted octanol–water partition coefficient (Wildman–Crippen LogP) is 3.23. The van der Waals surface area contributed by atoms with E-state index in [1.165, 1.54) is 4.90 Å². The van der Waals surface area contributed by atoms with E-state index in [1.54, 1.807) is 36.4 Å². The Kier molecular flexibility index (Phi) is 7.70. The molecule has 11 nitrogen and oxygen atoms in total. The monoisotopic (exact) mass is 497 g/mol. The number of aryl methyl sites for hydroxylation is 1. The molecule has 0 aromatic heterocycles. The first-order valence-electron chi connectivity index (χ1n) is 11.0. The van der Waals surface area contributed by atoms with Gasteiger partial charge in [-0.05, 0) is 42.8 Å². The van der Waals surface area contributed by atoms with Crippen molar-refractivity contribution in [2.24, 2.45) is 0 Å². The van der Waals surface area contributed by atoms with Crippen LogP contribution < -0.4 is 16.4 Å². The van der Waals surface area contributed by atoms with Crippen LogP contribution in [0.25, 0.3) is 0 Å². The molecule has 0 spiro atoms. The van der Waals surface area contributed by atoms with Crippen molar-refractivity contribution in [2.45, 2.75) is 6.92 Å². The fourth-order valence-electron chi connectivity index (χ4n) is 3.65. The van der Waals surface area contributed by atoms with Gasteiger partial charge in [0.2, 0.25) is 0 Å². The van der Waals surface area contributed by atoms with Gasteiger partial charge in [0.1, 0.15) is 12.1 Å².